The fourth-order valence-electron chi connectivity index (χ4n) is 4.62. The number of carbonyl (C=O) groups excluding carboxylic acids is 1. The number of hydrogen-bond acceptors (Lipinski definition) is 4. The van der Waals surface area contributed by atoms with E-state index in [-0.39, 0.29) is 11.9 Å². The van der Waals surface area contributed by atoms with Crippen molar-refractivity contribution < 1.29 is 9.53 Å². The Morgan fingerprint density at radius 3 is 2.60 bits per heavy atom. The molecule has 0 radical (unpaired) electrons. The van der Waals surface area contributed by atoms with E-state index in [4.69, 9.17) is 15.5 Å². The molecule has 0 aliphatic carbocycles. The highest BCUT2D eigenvalue weighted by Crippen LogP contribution is 2.27. The number of ether oxygens (including phenoxy) is 1. The molecule has 2 saturated heterocycles. The van der Waals surface area contributed by atoms with Gasteiger partial charge in [0, 0.05) is 26.1 Å². The molecule has 7 nitrogen and oxygen atoms in total. The fraction of sp³-hybridized carbons (Fsp3) is 0.652. The molecule has 2 fully saturated rings. The minimum atomic E-state index is -0.211. The molecule has 0 spiro atoms. The van der Waals surface area contributed by atoms with Crippen molar-refractivity contribution in [1.29, 1.82) is 0 Å². The number of guanidine groups is 1. The normalized spacial score (nSPS) is 21.5. The highest BCUT2D eigenvalue weighted by Gasteiger charge is 2.26. The maximum Gasteiger partial charge on any atom is 0.217 e. The van der Waals surface area contributed by atoms with Crippen LogP contribution in [0.4, 0.5) is 0 Å². The molecule has 0 aromatic heterocycles. The molecule has 1 aromatic carbocycles. The zero-order valence-corrected chi connectivity index (χ0v) is 18.5. The smallest absolute Gasteiger partial charge is 0.217 e. The number of methoxy groups -OCH3 is 1. The fourth-order valence-corrected chi connectivity index (χ4v) is 4.62. The zero-order valence-electron chi connectivity index (χ0n) is 18.5. The predicted molar refractivity (Wildman–Crippen MR) is 121 cm³/mol. The van der Waals surface area contributed by atoms with E-state index in [1.807, 2.05) is 12.1 Å². The molecule has 0 bridgehead atoms. The van der Waals surface area contributed by atoms with Gasteiger partial charge < -0.3 is 20.7 Å². The predicted octanol–water partition coefficient (Wildman–Crippen LogP) is 2.39. The summed E-state index contributed by atoms with van der Waals surface area (Å²) >= 11 is 0. The van der Waals surface area contributed by atoms with Crippen LogP contribution in [0.2, 0.25) is 0 Å². The van der Waals surface area contributed by atoms with Gasteiger partial charge in [-0.15, -0.1) is 0 Å². The Bertz CT molecular complexity index is 700. The first-order chi connectivity index (χ1) is 14.6. The third-order valence-corrected chi connectivity index (χ3v) is 6.14. The summed E-state index contributed by atoms with van der Waals surface area (Å²) < 4.78 is 5.33. The van der Waals surface area contributed by atoms with Crippen LogP contribution in [0, 0.1) is 5.92 Å². The molecule has 7 heteroatoms. The molecule has 3 N–H and O–H groups in total. The van der Waals surface area contributed by atoms with Crippen LogP contribution in [0.25, 0.3) is 0 Å². The third-order valence-electron chi connectivity index (χ3n) is 6.14. The highest BCUT2D eigenvalue weighted by atomic mass is 16.5. The van der Waals surface area contributed by atoms with Gasteiger partial charge in [-0.2, -0.15) is 0 Å². The number of carbonyl (C=O) groups is 1. The molecular weight excluding hydrogens is 378 g/mol. The Morgan fingerprint density at radius 1 is 1.23 bits per heavy atom. The lowest BCUT2D eigenvalue weighted by molar-refractivity contribution is -0.119. The van der Waals surface area contributed by atoms with Crippen molar-refractivity contribution in [2.75, 3.05) is 46.4 Å². The number of primary amides is 1. The molecule has 2 atom stereocenters. The second-order valence-corrected chi connectivity index (χ2v) is 8.35. The van der Waals surface area contributed by atoms with Gasteiger partial charge in [-0.3, -0.25) is 14.7 Å². The second kappa shape index (κ2) is 11.2. The Morgan fingerprint density at radius 2 is 1.97 bits per heavy atom. The van der Waals surface area contributed by atoms with Crippen LogP contribution in [0.5, 0.6) is 5.75 Å². The molecule has 2 aliphatic heterocycles. The van der Waals surface area contributed by atoms with Crippen molar-refractivity contribution >= 4 is 11.9 Å². The summed E-state index contributed by atoms with van der Waals surface area (Å²) in [6.45, 7) is 7.68. The number of amides is 1. The van der Waals surface area contributed by atoms with Gasteiger partial charge in [-0.05, 0) is 69.3 Å². The number of rotatable bonds is 8. The lowest BCUT2D eigenvalue weighted by Crippen LogP contribution is -2.47. The Hall–Kier alpha value is -2.28. The van der Waals surface area contributed by atoms with Gasteiger partial charge in [0.05, 0.1) is 19.7 Å². The van der Waals surface area contributed by atoms with E-state index < -0.39 is 0 Å². The number of hydrogen-bond donors (Lipinski definition) is 2. The molecule has 2 unspecified atom stereocenters. The number of likely N-dealkylation sites (tertiary alicyclic amines) is 2. The Kier molecular flexibility index (Phi) is 8.37. The Labute approximate surface area is 180 Å². The molecular formula is C23H37N5O2. The third kappa shape index (κ3) is 6.11. The van der Waals surface area contributed by atoms with Gasteiger partial charge in [0.2, 0.25) is 5.91 Å². The number of piperidine rings is 1. The summed E-state index contributed by atoms with van der Waals surface area (Å²) in [6.07, 6.45) is 5.07. The molecule has 1 amide bonds. The summed E-state index contributed by atoms with van der Waals surface area (Å²) in [7, 11) is 1.70. The number of aliphatic imine (C=N–C) groups is 1. The minimum Gasteiger partial charge on any atom is -0.497 e. The maximum absolute atomic E-state index is 11.4. The lowest BCUT2D eigenvalue weighted by Gasteiger charge is -2.35. The summed E-state index contributed by atoms with van der Waals surface area (Å²) in [4.78, 5) is 21.3. The van der Waals surface area contributed by atoms with Crippen LogP contribution in [-0.4, -0.2) is 68.0 Å². The van der Waals surface area contributed by atoms with Crippen LogP contribution in [0.15, 0.2) is 29.3 Å². The van der Waals surface area contributed by atoms with E-state index in [2.05, 4.69) is 34.2 Å². The second-order valence-electron chi connectivity index (χ2n) is 8.35. The van der Waals surface area contributed by atoms with Crippen molar-refractivity contribution in [2.45, 2.75) is 45.1 Å². The monoisotopic (exact) mass is 415 g/mol. The lowest BCUT2D eigenvalue weighted by atomic mass is 9.95. The van der Waals surface area contributed by atoms with Crippen LogP contribution in [-0.2, 0) is 4.79 Å². The SMILES string of the molecule is CCNC(=NCC(c1ccc(OC)cc1)N1CCCC1)N1CCCC(CC(N)=O)C1. The van der Waals surface area contributed by atoms with Crippen LogP contribution in [0.1, 0.15) is 50.6 Å². The first kappa shape index (κ1) is 22.4. The first-order valence-electron chi connectivity index (χ1n) is 11.3. The van der Waals surface area contributed by atoms with Crippen LogP contribution < -0.4 is 15.8 Å². The van der Waals surface area contributed by atoms with E-state index >= 15 is 0 Å². The first-order valence-corrected chi connectivity index (χ1v) is 11.3. The molecule has 166 valence electrons. The van der Waals surface area contributed by atoms with Gasteiger partial charge >= 0.3 is 0 Å². The standard InChI is InChI=1S/C23H37N5O2/c1-3-25-23(28-14-6-7-18(17-28)15-22(24)29)26-16-21(27-12-4-5-13-27)19-8-10-20(30-2)11-9-19/h8-11,18,21H,3-7,12-17H2,1-2H3,(H2,24,29)(H,25,26). The van der Waals surface area contributed by atoms with Crippen molar-refractivity contribution in [3.63, 3.8) is 0 Å². The number of nitrogens with one attached hydrogen (secondary N) is 1. The van der Waals surface area contributed by atoms with Gasteiger partial charge in [0.25, 0.3) is 0 Å². The van der Waals surface area contributed by atoms with E-state index in [9.17, 15) is 4.79 Å². The average molecular weight is 416 g/mol. The summed E-state index contributed by atoms with van der Waals surface area (Å²) in [5.74, 6) is 1.93. The molecule has 30 heavy (non-hydrogen) atoms. The van der Waals surface area contributed by atoms with Crippen molar-refractivity contribution in [3.05, 3.63) is 29.8 Å². The largest absolute Gasteiger partial charge is 0.497 e. The maximum atomic E-state index is 11.4. The molecule has 2 aliphatic rings. The van der Waals surface area contributed by atoms with E-state index in [1.54, 1.807) is 7.11 Å². The summed E-state index contributed by atoms with van der Waals surface area (Å²) in [6, 6.07) is 8.65. The van der Waals surface area contributed by atoms with Crippen molar-refractivity contribution in [1.82, 2.24) is 15.1 Å². The molecule has 0 saturated carbocycles. The topological polar surface area (TPSA) is 83.2 Å². The number of benzene rings is 1. The van der Waals surface area contributed by atoms with Gasteiger partial charge in [-0.25, -0.2) is 0 Å². The quantitative estimate of drug-likeness (QED) is 0.503. The minimum absolute atomic E-state index is 0.211. The van der Waals surface area contributed by atoms with E-state index in [0.717, 1.165) is 57.3 Å². The Balaban J connectivity index is 1.75. The van der Waals surface area contributed by atoms with Gasteiger partial charge in [-0.1, -0.05) is 12.1 Å². The highest BCUT2D eigenvalue weighted by molar-refractivity contribution is 5.80. The van der Waals surface area contributed by atoms with Crippen molar-refractivity contribution in [3.8, 4) is 5.75 Å². The van der Waals surface area contributed by atoms with E-state index in [0.29, 0.717) is 18.9 Å². The zero-order chi connectivity index (χ0) is 21.3. The van der Waals surface area contributed by atoms with Crippen LogP contribution in [0.3, 0.4) is 0 Å². The summed E-state index contributed by atoms with van der Waals surface area (Å²) in [5.41, 5.74) is 6.72. The number of nitrogens with two attached hydrogens (primary N) is 1. The molecule has 3 rings (SSSR count). The average Bonchev–Trinajstić information content (AvgIpc) is 3.28. The molecule has 2 heterocycles. The summed E-state index contributed by atoms with van der Waals surface area (Å²) in [5, 5.41) is 3.46. The molecule has 1 aromatic rings. The van der Waals surface area contributed by atoms with Crippen LogP contribution >= 0.6 is 0 Å². The van der Waals surface area contributed by atoms with E-state index in [1.165, 1.54) is 18.4 Å². The van der Waals surface area contributed by atoms with Gasteiger partial charge in [0.1, 0.15) is 5.75 Å². The van der Waals surface area contributed by atoms with Crippen molar-refractivity contribution in [2.24, 2.45) is 16.6 Å². The van der Waals surface area contributed by atoms with Gasteiger partial charge in [0.15, 0.2) is 5.96 Å². The number of nitrogens with zero attached hydrogens (tertiary/aromatic N) is 3.